The van der Waals surface area contributed by atoms with Crippen LogP contribution in [0.2, 0.25) is 5.02 Å². The molecule has 0 amide bonds. The second-order valence-electron chi connectivity index (χ2n) is 6.61. The molecular formula is C18H23ClF3NO4. The second kappa shape index (κ2) is 10.0. The van der Waals surface area contributed by atoms with Gasteiger partial charge in [-0.2, -0.15) is 13.2 Å². The summed E-state index contributed by atoms with van der Waals surface area (Å²) in [5.74, 6) is -0.461. The van der Waals surface area contributed by atoms with Gasteiger partial charge in [0.2, 0.25) is 0 Å². The molecule has 1 aliphatic carbocycles. The molecule has 2 aliphatic rings. The van der Waals surface area contributed by atoms with Crippen LogP contribution in [-0.4, -0.2) is 43.1 Å². The monoisotopic (exact) mass is 409 g/mol. The topological polar surface area (TPSA) is 67.8 Å². The highest BCUT2D eigenvalue weighted by Crippen LogP contribution is 2.33. The van der Waals surface area contributed by atoms with Gasteiger partial charge in [-0.3, -0.25) is 0 Å². The van der Waals surface area contributed by atoms with Gasteiger partial charge in [-0.15, -0.1) is 0 Å². The maximum absolute atomic E-state index is 10.6. The van der Waals surface area contributed by atoms with Gasteiger partial charge in [0.05, 0.1) is 6.61 Å². The maximum atomic E-state index is 10.6. The average molecular weight is 410 g/mol. The highest BCUT2D eigenvalue weighted by molar-refractivity contribution is 6.30. The number of carbonyl (C=O) groups is 1. The van der Waals surface area contributed by atoms with Crippen LogP contribution < -0.4 is 14.8 Å². The van der Waals surface area contributed by atoms with Crippen molar-refractivity contribution in [3.8, 4) is 11.5 Å². The van der Waals surface area contributed by atoms with E-state index in [1.54, 1.807) is 0 Å². The van der Waals surface area contributed by atoms with Gasteiger partial charge in [0, 0.05) is 24.2 Å². The lowest BCUT2D eigenvalue weighted by Gasteiger charge is -2.29. The third-order valence-electron chi connectivity index (χ3n) is 4.39. The number of benzene rings is 1. The minimum atomic E-state index is -5.08. The van der Waals surface area contributed by atoms with Crippen LogP contribution in [0.1, 0.15) is 32.1 Å². The summed E-state index contributed by atoms with van der Waals surface area (Å²) in [4.78, 5) is 8.90. The van der Waals surface area contributed by atoms with Gasteiger partial charge >= 0.3 is 12.1 Å². The number of aliphatic carboxylic acids is 1. The molecule has 2 fully saturated rings. The highest BCUT2D eigenvalue weighted by atomic mass is 35.5. The predicted octanol–water partition coefficient (Wildman–Crippen LogP) is 4.28. The molecular weight excluding hydrogens is 387 g/mol. The van der Waals surface area contributed by atoms with Crippen LogP contribution in [0.5, 0.6) is 11.5 Å². The van der Waals surface area contributed by atoms with E-state index in [9.17, 15) is 13.2 Å². The van der Waals surface area contributed by atoms with Crippen LogP contribution in [0.4, 0.5) is 13.2 Å². The van der Waals surface area contributed by atoms with Crippen molar-refractivity contribution in [2.24, 2.45) is 5.92 Å². The lowest BCUT2D eigenvalue weighted by molar-refractivity contribution is -0.192. The average Bonchev–Trinajstić information content (AvgIpc) is 2.58. The molecule has 9 heteroatoms. The standard InChI is InChI=1S/C16H22ClNO2.C2HF3O2/c17-13-6-7-15(16(8-13)20-14-9-18-10-14)19-11-12-4-2-1-3-5-12;3-2(4,5)1(6)7/h6-8,12,14,18H,1-5,9-11H2;(H,6,7). The Morgan fingerprint density at radius 2 is 1.81 bits per heavy atom. The number of ether oxygens (including phenoxy) is 2. The van der Waals surface area contributed by atoms with Crippen molar-refractivity contribution in [2.75, 3.05) is 19.7 Å². The molecule has 0 spiro atoms. The third kappa shape index (κ3) is 7.46. The van der Waals surface area contributed by atoms with Gasteiger partial charge in [-0.1, -0.05) is 30.9 Å². The van der Waals surface area contributed by atoms with Crippen molar-refractivity contribution in [2.45, 2.75) is 44.4 Å². The van der Waals surface area contributed by atoms with Gasteiger partial charge in [0.25, 0.3) is 0 Å². The summed E-state index contributed by atoms with van der Waals surface area (Å²) in [6, 6.07) is 5.65. The first-order valence-electron chi connectivity index (χ1n) is 8.85. The van der Waals surface area contributed by atoms with E-state index in [-0.39, 0.29) is 6.10 Å². The number of carboxylic acids is 1. The number of nitrogens with one attached hydrogen (secondary N) is 1. The minimum Gasteiger partial charge on any atom is -0.489 e. The van der Waals surface area contributed by atoms with E-state index in [2.05, 4.69) is 5.32 Å². The summed E-state index contributed by atoms with van der Waals surface area (Å²) in [6.45, 7) is 2.59. The number of hydrogen-bond acceptors (Lipinski definition) is 4. The Morgan fingerprint density at radius 1 is 1.19 bits per heavy atom. The summed E-state index contributed by atoms with van der Waals surface area (Å²) < 4.78 is 43.7. The largest absolute Gasteiger partial charge is 0.490 e. The summed E-state index contributed by atoms with van der Waals surface area (Å²) in [5.41, 5.74) is 0. The summed E-state index contributed by atoms with van der Waals surface area (Å²) >= 11 is 6.06. The van der Waals surface area contributed by atoms with Crippen molar-refractivity contribution in [1.82, 2.24) is 5.32 Å². The third-order valence-corrected chi connectivity index (χ3v) is 4.62. The fourth-order valence-electron chi connectivity index (χ4n) is 2.78. The van der Waals surface area contributed by atoms with E-state index in [1.165, 1.54) is 32.1 Å². The number of rotatable bonds is 5. The summed E-state index contributed by atoms with van der Waals surface area (Å²) in [7, 11) is 0. The van der Waals surface area contributed by atoms with Crippen LogP contribution in [-0.2, 0) is 4.79 Å². The quantitative estimate of drug-likeness (QED) is 0.759. The molecule has 2 N–H and O–H groups in total. The zero-order valence-electron chi connectivity index (χ0n) is 14.7. The molecule has 152 valence electrons. The van der Waals surface area contributed by atoms with Crippen LogP contribution in [0, 0.1) is 5.92 Å². The minimum absolute atomic E-state index is 0.241. The molecule has 0 aromatic heterocycles. The van der Waals surface area contributed by atoms with Gasteiger partial charge in [-0.25, -0.2) is 4.79 Å². The normalized spacial score (nSPS) is 18.1. The SMILES string of the molecule is Clc1ccc(OCC2CCCCC2)c(OC2CNC2)c1.O=C(O)C(F)(F)F. The van der Waals surface area contributed by atoms with Crippen LogP contribution in [0.3, 0.4) is 0 Å². The Kier molecular flexibility index (Phi) is 8.04. The van der Waals surface area contributed by atoms with Crippen molar-refractivity contribution in [3.63, 3.8) is 0 Å². The zero-order valence-corrected chi connectivity index (χ0v) is 15.5. The lowest BCUT2D eigenvalue weighted by Crippen LogP contribution is -2.50. The fourth-order valence-corrected chi connectivity index (χ4v) is 2.94. The molecule has 1 heterocycles. The number of halogens is 4. The molecule has 0 atom stereocenters. The molecule has 5 nitrogen and oxygen atoms in total. The molecule has 0 bridgehead atoms. The Labute approximate surface area is 160 Å². The van der Waals surface area contributed by atoms with Gasteiger partial charge in [0.15, 0.2) is 11.5 Å². The van der Waals surface area contributed by atoms with E-state index in [1.807, 2.05) is 18.2 Å². The van der Waals surface area contributed by atoms with E-state index in [0.29, 0.717) is 10.9 Å². The summed E-state index contributed by atoms with van der Waals surface area (Å²) in [6.07, 6.45) is 1.79. The first-order chi connectivity index (χ1) is 12.8. The van der Waals surface area contributed by atoms with Gasteiger partial charge in [-0.05, 0) is 30.9 Å². The first-order valence-corrected chi connectivity index (χ1v) is 9.23. The Morgan fingerprint density at radius 3 is 2.33 bits per heavy atom. The van der Waals surface area contributed by atoms with E-state index >= 15 is 0 Å². The number of carboxylic acid groups (broad SMARTS) is 1. The Balaban J connectivity index is 0.000000321. The van der Waals surface area contributed by atoms with Crippen molar-refractivity contribution in [1.29, 1.82) is 0 Å². The smallest absolute Gasteiger partial charge is 0.489 e. The Hall–Kier alpha value is -1.67. The van der Waals surface area contributed by atoms with E-state index in [4.69, 9.17) is 31.0 Å². The molecule has 1 saturated carbocycles. The molecule has 1 aliphatic heterocycles. The molecule has 1 saturated heterocycles. The molecule has 1 aromatic carbocycles. The highest BCUT2D eigenvalue weighted by Gasteiger charge is 2.38. The number of alkyl halides is 3. The van der Waals surface area contributed by atoms with Crippen molar-refractivity contribution in [3.05, 3.63) is 23.2 Å². The molecule has 27 heavy (non-hydrogen) atoms. The van der Waals surface area contributed by atoms with Crippen molar-refractivity contribution >= 4 is 17.6 Å². The molecule has 0 radical (unpaired) electrons. The maximum Gasteiger partial charge on any atom is 0.490 e. The molecule has 1 aromatic rings. The Bertz CT molecular complexity index is 617. The van der Waals surface area contributed by atoms with Gasteiger partial charge < -0.3 is 19.9 Å². The fraction of sp³-hybridized carbons (Fsp3) is 0.611. The molecule has 3 rings (SSSR count). The van der Waals surface area contributed by atoms with Gasteiger partial charge in [0.1, 0.15) is 6.10 Å². The van der Waals surface area contributed by atoms with Crippen LogP contribution >= 0.6 is 11.6 Å². The van der Waals surface area contributed by atoms with Crippen LogP contribution in [0.15, 0.2) is 18.2 Å². The predicted molar refractivity (Wildman–Crippen MR) is 94.5 cm³/mol. The van der Waals surface area contributed by atoms with Crippen molar-refractivity contribution < 1.29 is 32.5 Å². The van der Waals surface area contributed by atoms with E-state index < -0.39 is 12.1 Å². The van der Waals surface area contributed by atoms with E-state index in [0.717, 1.165) is 31.2 Å². The lowest BCUT2D eigenvalue weighted by atomic mass is 9.90. The molecule has 0 unspecified atom stereocenters. The van der Waals surface area contributed by atoms with Crippen LogP contribution in [0.25, 0.3) is 0 Å². The first kappa shape index (κ1) is 21.6. The number of hydrogen-bond donors (Lipinski definition) is 2. The zero-order chi connectivity index (χ0) is 19.9. The second-order valence-corrected chi connectivity index (χ2v) is 7.04. The summed E-state index contributed by atoms with van der Waals surface area (Å²) in [5, 5.41) is 11.0.